The number of aromatic nitrogens is 2. The first-order valence-corrected chi connectivity index (χ1v) is 6.63. The first-order valence-electron chi connectivity index (χ1n) is 6.26. The Morgan fingerprint density at radius 1 is 1.32 bits per heavy atom. The van der Waals surface area contributed by atoms with Gasteiger partial charge in [-0.2, -0.15) is 0 Å². The van der Waals surface area contributed by atoms with Crippen molar-refractivity contribution in [3.05, 3.63) is 16.7 Å². The van der Waals surface area contributed by atoms with E-state index in [2.05, 4.69) is 9.88 Å². The fourth-order valence-corrected chi connectivity index (χ4v) is 2.76. The molecule has 106 valence electrons. The molecule has 6 nitrogen and oxygen atoms in total. The van der Waals surface area contributed by atoms with Crippen molar-refractivity contribution >= 4 is 17.6 Å². The van der Waals surface area contributed by atoms with Gasteiger partial charge in [-0.3, -0.25) is 9.69 Å². The Kier molecular flexibility index (Phi) is 4.13. The highest BCUT2D eigenvalue weighted by Crippen LogP contribution is 2.28. The second-order valence-electron chi connectivity index (χ2n) is 4.97. The minimum absolute atomic E-state index is 0.284. The van der Waals surface area contributed by atoms with Crippen LogP contribution < -0.4 is 0 Å². The van der Waals surface area contributed by atoms with Gasteiger partial charge >= 0.3 is 5.97 Å². The Morgan fingerprint density at radius 2 is 1.89 bits per heavy atom. The van der Waals surface area contributed by atoms with Gasteiger partial charge in [0.05, 0.1) is 5.69 Å². The van der Waals surface area contributed by atoms with E-state index in [1.165, 1.54) is 0 Å². The van der Waals surface area contributed by atoms with Crippen LogP contribution in [0.2, 0.25) is 5.15 Å². The zero-order valence-electron chi connectivity index (χ0n) is 11.4. The molecule has 0 aromatic carbocycles. The lowest BCUT2D eigenvalue weighted by molar-refractivity contribution is -0.144. The first kappa shape index (κ1) is 14.3. The van der Waals surface area contributed by atoms with Crippen molar-refractivity contribution in [1.29, 1.82) is 0 Å². The van der Waals surface area contributed by atoms with E-state index in [0.717, 1.165) is 18.9 Å². The zero-order valence-corrected chi connectivity index (χ0v) is 12.2. The van der Waals surface area contributed by atoms with Crippen molar-refractivity contribution in [2.75, 3.05) is 33.2 Å². The van der Waals surface area contributed by atoms with E-state index in [1.54, 1.807) is 11.6 Å². The number of rotatable bonds is 3. The number of halogens is 1. The third kappa shape index (κ3) is 2.75. The van der Waals surface area contributed by atoms with E-state index >= 15 is 0 Å². The Bertz CT molecular complexity index is 480. The molecule has 7 heteroatoms. The molecule has 1 aliphatic heterocycles. The summed E-state index contributed by atoms with van der Waals surface area (Å²) in [4.78, 5) is 19.9. The fourth-order valence-electron chi connectivity index (χ4n) is 2.41. The maximum Gasteiger partial charge on any atom is 0.327 e. The maximum atomic E-state index is 11.6. The van der Waals surface area contributed by atoms with Gasteiger partial charge in [-0.05, 0) is 14.0 Å². The van der Waals surface area contributed by atoms with Crippen LogP contribution in [0.25, 0.3) is 0 Å². The summed E-state index contributed by atoms with van der Waals surface area (Å²) in [6, 6.07) is -0.729. The number of aliphatic carboxylic acids is 1. The molecule has 1 fully saturated rings. The van der Waals surface area contributed by atoms with Crippen LogP contribution in [-0.4, -0.2) is 63.7 Å². The second-order valence-corrected chi connectivity index (χ2v) is 5.33. The van der Waals surface area contributed by atoms with Crippen molar-refractivity contribution in [3.8, 4) is 0 Å². The molecule has 19 heavy (non-hydrogen) atoms. The predicted molar refractivity (Wildman–Crippen MR) is 72.4 cm³/mol. The van der Waals surface area contributed by atoms with Gasteiger partial charge < -0.3 is 14.6 Å². The molecular weight excluding hydrogens is 268 g/mol. The highest BCUT2D eigenvalue weighted by molar-refractivity contribution is 6.30. The van der Waals surface area contributed by atoms with Crippen LogP contribution in [0.1, 0.15) is 17.6 Å². The van der Waals surface area contributed by atoms with Gasteiger partial charge in [0.25, 0.3) is 0 Å². The van der Waals surface area contributed by atoms with Crippen LogP contribution in [-0.2, 0) is 11.8 Å². The molecule has 1 aliphatic rings. The minimum atomic E-state index is -0.880. The number of nitrogens with zero attached hydrogens (tertiary/aromatic N) is 4. The van der Waals surface area contributed by atoms with Crippen LogP contribution >= 0.6 is 11.6 Å². The number of piperazine rings is 1. The molecule has 2 rings (SSSR count). The van der Waals surface area contributed by atoms with Crippen molar-refractivity contribution in [1.82, 2.24) is 19.4 Å². The molecule has 1 saturated heterocycles. The molecule has 1 unspecified atom stereocenters. The summed E-state index contributed by atoms with van der Waals surface area (Å²) in [6.45, 7) is 4.97. The molecule has 0 bridgehead atoms. The molecule has 0 saturated carbocycles. The third-order valence-electron chi connectivity index (χ3n) is 3.71. The Balaban J connectivity index is 2.33. The van der Waals surface area contributed by atoms with Gasteiger partial charge in [0.15, 0.2) is 11.2 Å². The molecule has 1 N–H and O–H groups in total. The number of aryl methyl sites for hydroxylation is 1. The number of hydrogen-bond donors (Lipinski definition) is 1. The van der Waals surface area contributed by atoms with Crippen molar-refractivity contribution in [2.45, 2.75) is 13.0 Å². The van der Waals surface area contributed by atoms with Gasteiger partial charge in [-0.25, -0.2) is 4.98 Å². The monoisotopic (exact) mass is 286 g/mol. The maximum absolute atomic E-state index is 11.6. The molecule has 1 atom stereocenters. The third-order valence-corrected chi connectivity index (χ3v) is 3.99. The van der Waals surface area contributed by atoms with Gasteiger partial charge in [-0.15, -0.1) is 0 Å². The summed E-state index contributed by atoms with van der Waals surface area (Å²) in [5.41, 5.74) is 0.566. The van der Waals surface area contributed by atoms with Crippen LogP contribution in [0.5, 0.6) is 0 Å². The zero-order chi connectivity index (χ0) is 14.2. The van der Waals surface area contributed by atoms with E-state index in [1.807, 2.05) is 18.9 Å². The Morgan fingerprint density at radius 3 is 2.32 bits per heavy atom. The van der Waals surface area contributed by atoms with Gasteiger partial charge in [0, 0.05) is 33.2 Å². The lowest BCUT2D eigenvalue weighted by Crippen LogP contribution is -2.48. The van der Waals surface area contributed by atoms with Crippen LogP contribution in [0.3, 0.4) is 0 Å². The molecule has 0 amide bonds. The summed E-state index contributed by atoms with van der Waals surface area (Å²) >= 11 is 6.10. The summed E-state index contributed by atoms with van der Waals surface area (Å²) in [5.74, 6) is -0.158. The molecule has 2 heterocycles. The summed E-state index contributed by atoms with van der Waals surface area (Å²) in [5, 5.41) is 9.83. The summed E-state index contributed by atoms with van der Waals surface area (Å²) < 4.78 is 1.76. The Hall–Kier alpha value is -1.11. The van der Waals surface area contributed by atoms with E-state index in [0.29, 0.717) is 18.8 Å². The molecule has 1 aromatic rings. The fraction of sp³-hybridized carbons (Fsp3) is 0.667. The molecule has 1 aromatic heterocycles. The average Bonchev–Trinajstić information content (AvgIpc) is 2.58. The summed E-state index contributed by atoms with van der Waals surface area (Å²) in [6.07, 6.45) is 0. The lowest BCUT2D eigenvalue weighted by atomic mass is 10.1. The predicted octanol–water partition coefficient (Wildman–Crippen LogP) is 0.755. The van der Waals surface area contributed by atoms with E-state index in [-0.39, 0.29) is 5.15 Å². The van der Waals surface area contributed by atoms with E-state index < -0.39 is 12.0 Å². The number of imidazole rings is 1. The van der Waals surface area contributed by atoms with Crippen LogP contribution in [0.15, 0.2) is 0 Å². The SMILES string of the molecule is Cc1nc(Cl)c(C(C(=O)O)N2CCN(C)CC2)n1C. The van der Waals surface area contributed by atoms with Crippen molar-refractivity contribution in [3.63, 3.8) is 0 Å². The first-order chi connectivity index (χ1) is 8.91. The van der Waals surface area contributed by atoms with E-state index in [9.17, 15) is 9.90 Å². The average molecular weight is 287 g/mol. The van der Waals surface area contributed by atoms with Crippen LogP contribution in [0.4, 0.5) is 0 Å². The highest BCUT2D eigenvalue weighted by Gasteiger charge is 2.34. The van der Waals surface area contributed by atoms with Gasteiger partial charge in [-0.1, -0.05) is 11.6 Å². The van der Waals surface area contributed by atoms with Crippen LogP contribution in [0, 0.1) is 6.92 Å². The van der Waals surface area contributed by atoms with Crippen molar-refractivity contribution < 1.29 is 9.90 Å². The topological polar surface area (TPSA) is 61.6 Å². The molecule has 0 aliphatic carbocycles. The molecular formula is C12H19ClN4O2. The number of carbonyl (C=O) groups is 1. The van der Waals surface area contributed by atoms with Crippen molar-refractivity contribution in [2.24, 2.45) is 7.05 Å². The number of carboxylic acid groups (broad SMARTS) is 1. The number of likely N-dealkylation sites (N-methyl/N-ethyl adjacent to an activating group) is 1. The van der Waals surface area contributed by atoms with Gasteiger partial charge in [0.1, 0.15) is 5.82 Å². The largest absolute Gasteiger partial charge is 0.480 e. The smallest absolute Gasteiger partial charge is 0.327 e. The Labute approximate surface area is 117 Å². The standard InChI is InChI=1S/C12H19ClN4O2/c1-8-14-11(13)9(16(8)3)10(12(18)19)17-6-4-15(2)5-7-17/h10H,4-7H2,1-3H3,(H,18,19). The molecule has 0 spiro atoms. The van der Waals surface area contributed by atoms with Gasteiger partial charge in [0.2, 0.25) is 0 Å². The lowest BCUT2D eigenvalue weighted by Gasteiger charge is -2.36. The highest BCUT2D eigenvalue weighted by atomic mass is 35.5. The number of carboxylic acids is 1. The van der Waals surface area contributed by atoms with E-state index in [4.69, 9.17) is 11.6 Å². The molecule has 0 radical (unpaired) electrons. The number of hydrogen-bond acceptors (Lipinski definition) is 4. The summed E-state index contributed by atoms with van der Waals surface area (Å²) in [7, 11) is 3.84. The minimum Gasteiger partial charge on any atom is -0.480 e. The normalized spacial score (nSPS) is 19.6. The quantitative estimate of drug-likeness (QED) is 0.889. The second kappa shape index (κ2) is 5.48.